The molecule has 0 bridgehead atoms. The molecule has 2 rings (SSSR count). The molecule has 126 valence electrons. The van der Waals surface area contributed by atoms with Gasteiger partial charge in [-0.3, -0.25) is 4.99 Å². The lowest BCUT2D eigenvalue weighted by atomic mass is 10.2. The number of benzene rings is 1. The summed E-state index contributed by atoms with van der Waals surface area (Å²) in [6.45, 7) is 1.20. The predicted octanol–water partition coefficient (Wildman–Crippen LogP) is 4.47. The van der Waals surface area contributed by atoms with Crippen LogP contribution >= 0.6 is 58.8 Å². The standard InChI is InChI=1S/C15H17Cl3N4.HI/c1-19-15(20-8-10-4-3-5-11(16)6-10)21-9-12-7-13(17)14(18)22(12)2;/h3-7H,8-9H2,1-2H3,(H2,19,20,21);1H. The molecule has 0 atom stereocenters. The molecule has 0 aliphatic carbocycles. The smallest absolute Gasteiger partial charge is 0.191 e. The number of guanidine groups is 1. The molecule has 4 nitrogen and oxygen atoms in total. The summed E-state index contributed by atoms with van der Waals surface area (Å²) in [6.07, 6.45) is 0. The highest BCUT2D eigenvalue weighted by Gasteiger charge is 2.09. The van der Waals surface area contributed by atoms with Gasteiger partial charge in [-0.2, -0.15) is 0 Å². The van der Waals surface area contributed by atoms with Crippen molar-refractivity contribution in [3.63, 3.8) is 0 Å². The van der Waals surface area contributed by atoms with Crippen LogP contribution in [-0.4, -0.2) is 17.6 Å². The van der Waals surface area contributed by atoms with Gasteiger partial charge in [-0.15, -0.1) is 24.0 Å². The average molecular weight is 488 g/mol. The van der Waals surface area contributed by atoms with E-state index in [0.29, 0.717) is 29.2 Å². The molecule has 0 spiro atoms. The van der Waals surface area contributed by atoms with E-state index in [9.17, 15) is 0 Å². The van der Waals surface area contributed by atoms with Gasteiger partial charge in [-0.25, -0.2) is 0 Å². The molecule has 1 aromatic carbocycles. The number of hydrogen-bond acceptors (Lipinski definition) is 1. The summed E-state index contributed by atoms with van der Waals surface area (Å²) >= 11 is 18.0. The fourth-order valence-corrected chi connectivity index (χ4v) is 2.61. The third-order valence-corrected chi connectivity index (χ3v) is 4.30. The van der Waals surface area contributed by atoms with Crippen molar-refractivity contribution in [2.24, 2.45) is 12.0 Å². The highest BCUT2D eigenvalue weighted by atomic mass is 127. The molecule has 2 aromatic rings. The summed E-state index contributed by atoms with van der Waals surface area (Å²) in [7, 11) is 3.59. The van der Waals surface area contributed by atoms with Gasteiger partial charge in [0.15, 0.2) is 5.96 Å². The Balaban J connectivity index is 0.00000264. The molecule has 0 amide bonds. The Morgan fingerprint density at radius 3 is 2.39 bits per heavy atom. The van der Waals surface area contributed by atoms with Crippen molar-refractivity contribution in [2.45, 2.75) is 13.1 Å². The molecular weight excluding hydrogens is 469 g/mol. The first-order chi connectivity index (χ1) is 10.5. The normalized spacial score (nSPS) is 11.1. The first kappa shape index (κ1) is 20.4. The Labute approximate surface area is 168 Å². The van der Waals surface area contributed by atoms with Gasteiger partial charge < -0.3 is 15.2 Å². The summed E-state index contributed by atoms with van der Waals surface area (Å²) in [5.41, 5.74) is 2.06. The van der Waals surface area contributed by atoms with E-state index in [1.165, 1.54) is 0 Å². The van der Waals surface area contributed by atoms with E-state index in [4.69, 9.17) is 34.8 Å². The highest BCUT2D eigenvalue weighted by molar-refractivity contribution is 14.0. The van der Waals surface area contributed by atoms with E-state index < -0.39 is 0 Å². The van der Waals surface area contributed by atoms with Crippen LogP contribution in [0, 0.1) is 0 Å². The molecule has 0 aliphatic heterocycles. The van der Waals surface area contributed by atoms with Crippen LogP contribution in [0.15, 0.2) is 35.3 Å². The van der Waals surface area contributed by atoms with E-state index in [-0.39, 0.29) is 24.0 Å². The Kier molecular flexibility index (Phi) is 8.53. The summed E-state index contributed by atoms with van der Waals surface area (Å²) in [4.78, 5) is 4.19. The second-order valence-corrected chi connectivity index (χ2v) is 5.94. The summed E-state index contributed by atoms with van der Waals surface area (Å²) in [6, 6.07) is 9.52. The van der Waals surface area contributed by atoms with Gasteiger partial charge in [0, 0.05) is 31.4 Å². The zero-order valence-corrected chi connectivity index (χ0v) is 17.3. The quantitative estimate of drug-likeness (QED) is 0.380. The maximum absolute atomic E-state index is 6.05. The van der Waals surface area contributed by atoms with Crippen LogP contribution in [0.5, 0.6) is 0 Å². The van der Waals surface area contributed by atoms with Gasteiger partial charge in [-0.1, -0.05) is 46.9 Å². The lowest BCUT2D eigenvalue weighted by molar-refractivity contribution is 0.750. The van der Waals surface area contributed by atoms with E-state index in [0.717, 1.165) is 16.3 Å². The van der Waals surface area contributed by atoms with Crippen LogP contribution in [0.1, 0.15) is 11.3 Å². The van der Waals surface area contributed by atoms with Crippen molar-refractivity contribution in [2.75, 3.05) is 7.05 Å². The fraction of sp³-hybridized carbons (Fsp3) is 0.267. The highest BCUT2D eigenvalue weighted by Crippen LogP contribution is 2.24. The number of aliphatic imine (C=N–C) groups is 1. The van der Waals surface area contributed by atoms with E-state index in [1.54, 1.807) is 7.05 Å². The number of aromatic nitrogens is 1. The van der Waals surface area contributed by atoms with Crippen LogP contribution in [-0.2, 0) is 20.1 Å². The molecule has 8 heteroatoms. The molecule has 2 N–H and O–H groups in total. The second-order valence-electron chi connectivity index (χ2n) is 4.74. The maximum Gasteiger partial charge on any atom is 0.191 e. The predicted molar refractivity (Wildman–Crippen MR) is 109 cm³/mol. The average Bonchev–Trinajstić information content (AvgIpc) is 2.75. The monoisotopic (exact) mass is 486 g/mol. The van der Waals surface area contributed by atoms with Gasteiger partial charge in [0.2, 0.25) is 0 Å². The maximum atomic E-state index is 6.05. The van der Waals surface area contributed by atoms with E-state index in [2.05, 4.69) is 15.6 Å². The Morgan fingerprint density at radius 1 is 1.13 bits per heavy atom. The largest absolute Gasteiger partial charge is 0.352 e. The molecular formula is C15H18Cl3IN4. The first-order valence-electron chi connectivity index (χ1n) is 6.70. The van der Waals surface area contributed by atoms with Crippen LogP contribution in [0.2, 0.25) is 15.2 Å². The van der Waals surface area contributed by atoms with Crippen molar-refractivity contribution >= 4 is 64.7 Å². The molecule has 23 heavy (non-hydrogen) atoms. The Bertz CT molecular complexity index is 685. The van der Waals surface area contributed by atoms with Crippen LogP contribution in [0.3, 0.4) is 0 Å². The van der Waals surface area contributed by atoms with Gasteiger partial charge in [0.25, 0.3) is 0 Å². The third-order valence-electron chi connectivity index (χ3n) is 3.23. The second kappa shape index (κ2) is 9.61. The van der Waals surface area contributed by atoms with E-state index in [1.807, 2.05) is 41.9 Å². The van der Waals surface area contributed by atoms with Crippen molar-refractivity contribution < 1.29 is 0 Å². The van der Waals surface area contributed by atoms with Crippen molar-refractivity contribution in [3.05, 3.63) is 56.8 Å². The molecule has 0 radical (unpaired) electrons. The van der Waals surface area contributed by atoms with Gasteiger partial charge in [-0.05, 0) is 23.8 Å². The molecule has 1 heterocycles. The Hall–Kier alpha value is -0.630. The zero-order valence-electron chi connectivity index (χ0n) is 12.7. The van der Waals surface area contributed by atoms with Gasteiger partial charge in [0.05, 0.1) is 11.6 Å². The van der Waals surface area contributed by atoms with E-state index >= 15 is 0 Å². The molecule has 0 saturated carbocycles. The van der Waals surface area contributed by atoms with Crippen molar-refractivity contribution in [1.29, 1.82) is 0 Å². The van der Waals surface area contributed by atoms with Crippen LogP contribution in [0.4, 0.5) is 0 Å². The SMILES string of the molecule is CN=C(NCc1cccc(Cl)c1)NCc1cc(Cl)c(Cl)n1C.I. The number of rotatable bonds is 4. The molecule has 1 aromatic heterocycles. The van der Waals surface area contributed by atoms with Crippen LogP contribution < -0.4 is 10.6 Å². The minimum absolute atomic E-state index is 0. The molecule has 0 fully saturated rings. The van der Waals surface area contributed by atoms with Crippen LogP contribution in [0.25, 0.3) is 0 Å². The zero-order chi connectivity index (χ0) is 16.1. The fourth-order valence-electron chi connectivity index (χ4n) is 1.99. The first-order valence-corrected chi connectivity index (χ1v) is 7.83. The number of nitrogens with zero attached hydrogens (tertiary/aromatic N) is 2. The molecule has 0 aliphatic rings. The topological polar surface area (TPSA) is 41.4 Å². The summed E-state index contributed by atoms with van der Waals surface area (Å²) in [5, 5.41) is 8.24. The van der Waals surface area contributed by atoms with Crippen molar-refractivity contribution in [3.8, 4) is 0 Å². The van der Waals surface area contributed by atoms with Gasteiger partial charge in [0.1, 0.15) is 5.15 Å². The number of nitrogens with one attached hydrogen (secondary N) is 2. The summed E-state index contributed by atoms with van der Waals surface area (Å²) in [5.74, 6) is 0.688. The lowest BCUT2D eigenvalue weighted by Gasteiger charge is -2.12. The van der Waals surface area contributed by atoms with Crippen molar-refractivity contribution in [1.82, 2.24) is 15.2 Å². The third kappa shape index (κ3) is 5.74. The lowest BCUT2D eigenvalue weighted by Crippen LogP contribution is -2.36. The minimum atomic E-state index is 0. The number of hydrogen-bond donors (Lipinski definition) is 2. The number of halogens is 4. The molecule has 0 saturated heterocycles. The van der Waals surface area contributed by atoms with Gasteiger partial charge >= 0.3 is 0 Å². The Morgan fingerprint density at radius 2 is 1.83 bits per heavy atom. The summed E-state index contributed by atoms with van der Waals surface area (Å²) < 4.78 is 1.83. The molecule has 0 unspecified atom stereocenters. The minimum Gasteiger partial charge on any atom is -0.352 e.